The van der Waals surface area contributed by atoms with Gasteiger partial charge < -0.3 is 9.84 Å². The minimum Gasteiger partial charge on any atom is -0.469 e. The van der Waals surface area contributed by atoms with E-state index in [1.165, 1.54) is 7.11 Å². The zero-order valence-electron chi connectivity index (χ0n) is 8.83. The summed E-state index contributed by atoms with van der Waals surface area (Å²) in [7, 11) is 1.36. The van der Waals surface area contributed by atoms with E-state index in [4.69, 9.17) is 5.11 Å². The van der Waals surface area contributed by atoms with E-state index in [-0.39, 0.29) is 18.2 Å². The van der Waals surface area contributed by atoms with Gasteiger partial charge in [-0.1, -0.05) is 0 Å². The number of aliphatic hydroxyl groups excluding tert-OH is 1. The Morgan fingerprint density at radius 3 is 2.31 bits per heavy atom. The average molecular weight is 189 g/mol. The van der Waals surface area contributed by atoms with Gasteiger partial charge in [0, 0.05) is 12.1 Å². The Kier molecular flexibility index (Phi) is 4.95. The van der Waals surface area contributed by atoms with Crippen LogP contribution in [0, 0.1) is 0 Å². The molecule has 0 amide bonds. The molecule has 0 aliphatic rings. The number of esters is 1. The molecule has 0 spiro atoms. The van der Waals surface area contributed by atoms with Crippen molar-refractivity contribution in [3.8, 4) is 0 Å². The maximum Gasteiger partial charge on any atom is 0.306 e. The first-order valence-electron chi connectivity index (χ1n) is 4.34. The van der Waals surface area contributed by atoms with Gasteiger partial charge in [0.25, 0.3) is 0 Å². The highest BCUT2D eigenvalue weighted by Gasteiger charge is 2.20. The van der Waals surface area contributed by atoms with E-state index in [0.29, 0.717) is 13.0 Å². The number of carbonyl (C=O) groups is 1. The molecule has 78 valence electrons. The highest BCUT2D eigenvalue weighted by atomic mass is 16.5. The molecule has 0 saturated carbocycles. The van der Waals surface area contributed by atoms with E-state index in [9.17, 15) is 4.79 Å². The molecule has 4 nitrogen and oxygen atoms in total. The summed E-state index contributed by atoms with van der Waals surface area (Å²) >= 11 is 0. The molecule has 4 heteroatoms. The van der Waals surface area contributed by atoms with Crippen molar-refractivity contribution >= 4 is 5.97 Å². The van der Waals surface area contributed by atoms with Gasteiger partial charge in [0.1, 0.15) is 0 Å². The Bertz CT molecular complexity index is 163. The lowest BCUT2D eigenvalue weighted by Gasteiger charge is -2.33. The van der Waals surface area contributed by atoms with Crippen LogP contribution in [-0.2, 0) is 9.53 Å². The Balaban J connectivity index is 3.93. The van der Waals surface area contributed by atoms with Gasteiger partial charge in [-0.15, -0.1) is 0 Å². The van der Waals surface area contributed by atoms with Crippen LogP contribution in [0.25, 0.3) is 0 Å². The first-order chi connectivity index (χ1) is 5.91. The van der Waals surface area contributed by atoms with Crippen molar-refractivity contribution in [3.63, 3.8) is 0 Å². The minimum atomic E-state index is -0.248. The van der Waals surface area contributed by atoms with E-state index >= 15 is 0 Å². The Hall–Kier alpha value is -0.610. The van der Waals surface area contributed by atoms with Gasteiger partial charge in [-0.2, -0.15) is 0 Å². The third-order valence-electron chi connectivity index (χ3n) is 1.93. The molecule has 0 aliphatic carbocycles. The maximum absolute atomic E-state index is 10.8. The van der Waals surface area contributed by atoms with Crippen molar-refractivity contribution in [1.82, 2.24) is 4.90 Å². The Morgan fingerprint density at radius 2 is 2.00 bits per heavy atom. The van der Waals surface area contributed by atoms with Crippen LogP contribution in [0.4, 0.5) is 0 Å². The van der Waals surface area contributed by atoms with Gasteiger partial charge in [-0.3, -0.25) is 9.69 Å². The zero-order valence-corrected chi connectivity index (χ0v) is 8.83. The molecule has 1 N–H and O–H groups in total. The van der Waals surface area contributed by atoms with E-state index in [2.05, 4.69) is 4.74 Å². The molecule has 0 radical (unpaired) electrons. The van der Waals surface area contributed by atoms with Crippen molar-refractivity contribution in [1.29, 1.82) is 0 Å². The summed E-state index contributed by atoms with van der Waals surface area (Å²) in [6.07, 6.45) is 0.314. The van der Waals surface area contributed by atoms with Crippen molar-refractivity contribution in [2.45, 2.75) is 32.7 Å². The Morgan fingerprint density at radius 1 is 1.46 bits per heavy atom. The van der Waals surface area contributed by atoms with E-state index in [1.54, 1.807) is 0 Å². The van der Waals surface area contributed by atoms with E-state index in [0.717, 1.165) is 0 Å². The summed E-state index contributed by atoms with van der Waals surface area (Å²) in [5.74, 6) is -0.248. The second kappa shape index (κ2) is 5.19. The summed E-state index contributed by atoms with van der Waals surface area (Å²) in [6, 6.07) is 0. The third kappa shape index (κ3) is 4.85. The number of rotatable bonds is 4. The molecule has 0 aromatic heterocycles. The van der Waals surface area contributed by atoms with Crippen LogP contribution in [-0.4, -0.2) is 41.9 Å². The van der Waals surface area contributed by atoms with Crippen LogP contribution in [0.15, 0.2) is 0 Å². The molecule has 0 unspecified atom stereocenters. The molecular weight excluding hydrogens is 170 g/mol. The van der Waals surface area contributed by atoms with Crippen LogP contribution < -0.4 is 0 Å². The van der Waals surface area contributed by atoms with Crippen molar-refractivity contribution in [2.75, 3.05) is 20.4 Å². The molecule has 0 heterocycles. The molecular formula is C9H19NO3. The van der Waals surface area contributed by atoms with Gasteiger partial charge >= 0.3 is 5.97 Å². The zero-order chi connectivity index (χ0) is 10.5. The smallest absolute Gasteiger partial charge is 0.306 e. The third-order valence-corrected chi connectivity index (χ3v) is 1.93. The molecule has 13 heavy (non-hydrogen) atoms. The monoisotopic (exact) mass is 189 g/mol. The number of aliphatic hydroxyl groups is 1. The van der Waals surface area contributed by atoms with Gasteiger partial charge in [0.05, 0.1) is 20.3 Å². The fourth-order valence-corrected chi connectivity index (χ4v) is 0.947. The molecule has 0 rings (SSSR count). The highest BCUT2D eigenvalue weighted by molar-refractivity contribution is 5.69. The number of hydrogen-bond donors (Lipinski definition) is 1. The summed E-state index contributed by atoms with van der Waals surface area (Å²) in [6.45, 7) is 6.44. The van der Waals surface area contributed by atoms with Crippen LogP contribution in [0.2, 0.25) is 0 Å². The minimum absolute atomic E-state index is 0.0412. The van der Waals surface area contributed by atoms with Crippen molar-refractivity contribution in [2.24, 2.45) is 0 Å². The van der Waals surface area contributed by atoms with Crippen molar-refractivity contribution in [3.05, 3.63) is 0 Å². The first-order valence-corrected chi connectivity index (χ1v) is 4.34. The number of hydrogen-bond acceptors (Lipinski definition) is 4. The fourth-order valence-electron chi connectivity index (χ4n) is 0.947. The van der Waals surface area contributed by atoms with E-state index in [1.807, 2.05) is 25.7 Å². The van der Waals surface area contributed by atoms with E-state index < -0.39 is 0 Å². The first kappa shape index (κ1) is 12.4. The lowest BCUT2D eigenvalue weighted by Crippen LogP contribution is -2.43. The molecule has 0 atom stereocenters. The number of methoxy groups -OCH3 is 1. The van der Waals surface area contributed by atoms with Crippen LogP contribution in [0.5, 0.6) is 0 Å². The lowest BCUT2D eigenvalue weighted by molar-refractivity contribution is -0.141. The van der Waals surface area contributed by atoms with Gasteiger partial charge in [-0.25, -0.2) is 0 Å². The summed E-state index contributed by atoms with van der Waals surface area (Å²) < 4.78 is 4.51. The lowest BCUT2D eigenvalue weighted by atomic mass is 10.1. The summed E-state index contributed by atoms with van der Waals surface area (Å²) in [5.41, 5.74) is -0.122. The van der Waals surface area contributed by atoms with Crippen LogP contribution in [0.3, 0.4) is 0 Å². The second-order valence-corrected chi connectivity index (χ2v) is 3.90. The van der Waals surface area contributed by atoms with Crippen LogP contribution >= 0.6 is 0 Å². The average Bonchev–Trinajstić information content (AvgIpc) is 2.02. The predicted molar refractivity (Wildman–Crippen MR) is 50.2 cm³/mol. The molecule has 0 aliphatic heterocycles. The van der Waals surface area contributed by atoms with Gasteiger partial charge in [-0.05, 0) is 20.8 Å². The normalized spacial score (nSPS) is 11.8. The molecule has 0 aromatic rings. The van der Waals surface area contributed by atoms with Gasteiger partial charge in [0.15, 0.2) is 0 Å². The fraction of sp³-hybridized carbons (Fsp3) is 0.889. The Labute approximate surface area is 79.5 Å². The SMILES string of the molecule is COC(=O)CCN(CO)C(C)(C)C. The summed E-state index contributed by atoms with van der Waals surface area (Å²) in [5, 5.41) is 9.02. The highest BCUT2D eigenvalue weighted by Crippen LogP contribution is 2.12. The molecule has 0 bridgehead atoms. The topological polar surface area (TPSA) is 49.8 Å². The van der Waals surface area contributed by atoms with Crippen LogP contribution in [0.1, 0.15) is 27.2 Å². The largest absolute Gasteiger partial charge is 0.469 e. The second-order valence-electron chi connectivity index (χ2n) is 3.90. The standard InChI is InChI=1S/C9H19NO3/c1-9(2,3)10(7-11)6-5-8(12)13-4/h11H,5-7H2,1-4H3. The number of ether oxygens (including phenoxy) is 1. The van der Waals surface area contributed by atoms with Gasteiger partial charge in [0.2, 0.25) is 0 Å². The number of nitrogens with zero attached hydrogens (tertiary/aromatic N) is 1. The predicted octanol–water partition coefficient (Wildman–Crippen LogP) is 0.600. The summed E-state index contributed by atoms with van der Waals surface area (Å²) in [4.78, 5) is 12.6. The van der Waals surface area contributed by atoms with Crippen molar-refractivity contribution < 1.29 is 14.6 Å². The number of carbonyl (C=O) groups excluding carboxylic acids is 1. The molecule has 0 aromatic carbocycles. The molecule has 0 fully saturated rings. The maximum atomic E-state index is 10.8. The molecule has 0 saturated heterocycles. The quantitative estimate of drug-likeness (QED) is 0.519.